The van der Waals surface area contributed by atoms with E-state index < -0.39 is 44.3 Å². The first-order valence-corrected chi connectivity index (χ1v) is 17.2. The molecule has 24 heavy (non-hydrogen) atoms. The van der Waals surface area contributed by atoms with E-state index in [4.69, 9.17) is 13.6 Å². The fourth-order valence-corrected chi connectivity index (χ4v) is 10.0. The number of rotatable bonds is 8. The second-order valence-electron chi connectivity index (χ2n) is 8.55. The van der Waals surface area contributed by atoms with Crippen LogP contribution in [-0.2, 0) is 18.4 Å². The maximum Gasteiger partial charge on any atom is 0.330 e. The predicted octanol–water partition coefficient (Wildman–Crippen LogP) is 2.57. The lowest BCUT2D eigenvalue weighted by Crippen LogP contribution is -2.45. The molecule has 0 aromatic rings. The van der Waals surface area contributed by atoms with Crippen molar-refractivity contribution in [2.24, 2.45) is 0 Å². The molecule has 8 heteroatoms. The van der Waals surface area contributed by atoms with Crippen molar-refractivity contribution in [1.82, 2.24) is 0 Å². The van der Waals surface area contributed by atoms with Gasteiger partial charge in [0.1, 0.15) is 12.0 Å². The lowest BCUT2D eigenvalue weighted by molar-refractivity contribution is -0.151. The van der Waals surface area contributed by atoms with Crippen molar-refractivity contribution in [2.75, 3.05) is 0 Å². The molecule has 1 aliphatic carbocycles. The molecule has 140 valence electrons. The molecule has 0 radical (unpaired) electrons. The maximum atomic E-state index is 11.3. The molecule has 0 heterocycles. The third-order valence-electron chi connectivity index (χ3n) is 3.79. The van der Waals surface area contributed by atoms with E-state index in [0.29, 0.717) is 18.4 Å². The molecule has 3 unspecified atom stereocenters. The Balaban J connectivity index is 2.62. The summed E-state index contributed by atoms with van der Waals surface area (Å²) in [4.78, 5) is 11.3. The van der Waals surface area contributed by atoms with Gasteiger partial charge in [0.2, 0.25) is 0 Å². The molecule has 1 fully saturated rings. The SMILES string of the molecule is C=CC(=O)OC1CCC([SiH2]C(O[Si](C)(C)C)O[Si](C)(C)C)CC1O. The standard InChI is InChI=1S/C16H34O5Si3/c1-8-15(18)19-14-10-9-12(11-13(14)17)22-16(20-23(2,3)4)21-24(5,6)7/h8,12-14,16-17H,1,9-11,22H2,2-7H3. The number of esters is 1. The molecule has 0 amide bonds. The molecule has 1 aliphatic rings. The van der Waals surface area contributed by atoms with Gasteiger partial charge in [-0.2, -0.15) is 0 Å². The molecule has 1 saturated carbocycles. The normalized spacial score (nSPS) is 26.1. The average Bonchev–Trinajstić information content (AvgIpc) is 2.37. The second-order valence-corrected chi connectivity index (χ2v) is 19.8. The van der Waals surface area contributed by atoms with E-state index in [1.54, 1.807) is 0 Å². The highest BCUT2D eigenvalue weighted by Crippen LogP contribution is 2.32. The predicted molar refractivity (Wildman–Crippen MR) is 105 cm³/mol. The first kappa shape index (κ1) is 21.8. The van der Waals surface area contributed by atoms with Crippen molar-refractivity contribution >= 4 is 32.1 Å². The van der Waals surface area contributed by atoms with Gasteiger partial charge in [-0.05, 0) is 64.1 Å². The molecule has 5 nitrogen and oxygen atoms in total. The number of carbonyl (C=O) groups excluding carboxylic acids is 1. The van der Waals surface area contributed by atoms with Crippen LogP contribution in [0.1, 0.15) is 19.3 Å². The quantitative estimate of drug-likeness (QED) is 0.299. The number of aliphatic hydroxyl groups is 1. The highest BCUT2D eigenvalue weighted by molar-refractivity contribution is 6.71. The summed E-state index contributed by atoms with van der Waals surface area (Å²) in [6, 6.07) is 0. The van der Waals surface area contributed by atoms with Crippen LogP contribution in [0.5, 0.6) is 0 Å². The maximum absolute atomic E-state index is 11.3. The van der Waals surface area contributed by atoms with E-state index in [0.717, 1.165) is 12.5 Å². The van der Waals surface area contributed by atoms with Crippen LogP contribution in [0.3, 0.4) is 0 Å². The number of ether oxygens (including phenoxy) is 1. The van der Waals surface area contributed by atoms with Gasteiger partial charge in [0.25, 0.3) is 0 Å². The van der Waals surface area contributed by atoms with Gasteiger partial charge in [0, 0.05) is 6.08 Å². The third-order valence-corrected chi connectivity index (χ3v) is 8.53. The van der Waals surface area contributed by atoms with Crippen LogP contribution >= 0.6 is 0 Å². The Morgan fingerprint density at radius 2 is 1.71 bits per heavy atom. The van der Waals surface area contributed by atoms with Crippen molar-refractivity contribution in [1.29, 1.82) is 0 Å². The van der Waals surface area contributed by atoms with Gasteiger partial charge >= 0.3 is 5.97 Å². The van der Waals surface area contributed by atoms with E-state index in [-0.39, 0.29) is 5.91 Å². The van der Waals surface area contributed by atoms with Crippen LogP contribution in [0.4, 0.5) is 0 Å². The van der Waals surface area contributed by atoms with Gasteiger partial charge in [-0.25, -0.2) is 4.79 Å². The monoisotopic (exact) mass is 390 g/mol. The summed E-state index contributed by atoms with van der Waals surface area (Å²) in [5, 5.41) is 10.3. The van der Waals surface area contributed by atoms with Crippen LogP contribution in [0, 0.1) is 0 Å². The Morgan fingerprint density at radius 1 is 1.17 bits per heavy atom. The summed E-state index contributed by atoms with van der Waals surface area (Å²) in [6.07, 6.45) is 2.47. The Kier molecular flexibility index (Phi) is 8.08. The Morgan fingerprint density at radius 3 is 2.12 bits per heavy atom. The molecule has 1 rings (SSSR count). The van der Waals surface area contributed by atoms with Crippen molar-refractivity contribution < 1.29 is 23.5 Å². The van der Waals surface area contributed by atoms with E-state index in [9.17, 15) is 9.90 Å². The summed E-state index contributed by atoms with van der Waals surface area (Å²) in [7, 11) is -4.01. The highest BCUT2D eigenvalue weighted by atomic mass is 28.4. The van der Waals surface area contributed by atoms with Crippen molar-refractivity contribution in [3.63, 3.8) is 0 Å². The molecule has 0 aliphatic heterocycles. The minimum Gasteiger partial charge on any atom is -0.456 e. The summed E-state index contributed by atoms with van der Waals surface area (Å²) >= 11 is 0. The number of hydrogen-bond acceptors (Lipinski definition) is 5. The van der Waals surface area contributed by atoms with Crippen LogP contribution in [0.25, 0.3) is 0 Å². The van der Waals surface area contributed by atoms with Crippen molar-refractivity contribution in [3.8, 4) is 0 Å². The van der Waals surface area contributed by atoms with Gasteiger partial charge in [0.15, 0.2) is 16.6 Å². The first-order chi connectivity index (χ1) is 10.9. The van der Waals surface area contributed by atoms with Gasteiger partial charge in [-0.3, -0.25) is 0 Å². The van der Waals surface area contributed by atoms with Gasteiger partial charge in [-0.15, -0.1) is 0 Å². The fraction of sp³-hybridized carbons (Fsp3) is 0.812. The summed E-state index contributed by atoms with van der Waals surface area (Å²) in [6.45, 7) is 16.5. The largest absolute Gasteiger partial charge is 0.456 e. The summed E-state index contributed by atoms with van der Waals surface area (Å²) < 4.78 is 17.8. The van der Waals surface area contributed by atoms with Crippen LogP contribution < -0.4 is 0 Å². The lowest BCUT2D eigenvalue weighted by Gasteiger charge is -2.37. The highest BCUT2D eigenvalue weighted by Gasteiger charge is 2.35. The third kappa shape index (κ3) is 8.72. The topological polar surface area (TPSA) is 65.0 Å². The molecule has 0 bridgehead atoms. The van der Waals surface area contributed by atoms with E-state index in [2.05, 4.69) is 45.9 Å². The van der Waals surface area contributed by atoms with E-state index >= 15 is 0 Å². The minimum atomic E-state index is -1.67. The molecule has 0 aromatic heterocycles. The minimum absolute atomic E-state index is 0.0622. The second kappa shape index (κ2) is 8.91. The van der Waals surface area contributed by atoms with Crippen molar-refractivity contribution in [2.45, 2.75) is 82.2 Å². The molecule has 1 N–H and O–H groups in total. The lowest BCUT2D eigenvalue weighted by atomic mass is 9.94. The number of aliphatic hydroxyl groups excluding tert-OH is 1. The molecule has 0 saturated heterocycles. The fourth-order valence-electron chi connectivity index (χ4n) is 2.93. The number of carbonyl (C=O) groups is 1. The Bertz CT molecular complexity index is 414. The van der Waals surface area contributed by atoms with Gasteiger partial charge in [0.05, 0.1) is 15.6 Å². The summed E-state index contributed by atoms with van der Waals surface area (Å²) in [5.74, 6) is -0.524. The van der Waals surface area contributed by atoms with Crippen LogP contribution in [-0.4, -0.2) is 55.4 Å². The Labute approximate surface area is 150 Å². The smallest absolute Gasteiger partial charge is 0.330 e. The van der Waals surface area contributed by atoms with E-state index in [1.165, 1.54) is 0 Å². The average molecular weight is 391 g/mol. The summed E-state index contributed by atoms with van der Waals surface area (Å²) in [5.41, 5.74) is 0.455. The Hall–Kier alpha value is -0.259. The zero-order chi connectivity index (χ0) is 18.5. The molecular formula is C16H34O5Si3. The molecule has 3 atom stereocenters. The first-order valence-electron chi connectivity index (χ1n) is 8.76. The number of hydrogen-bond donors (Lipinski definition) is 1. The van der Waals surface area contributed by atoms with Crippen molar-refractivity contribution in [3.05, 3.63) is 12.7 Å². The van der Waals surface area contributed by atoms with Gasteiger partial charge < -0.3 is 18.7 Å². The van der Waals surface area contributed by atoms with Gasteiger partial charge in [-0.1, -0.05) is 6.58 Å². The molecule has 0 aromatic carbocycles. The zero-order valence-electron chi connectivity index (χ0n) is 16.0. The van der Waals surface area contributed by atoms with E-state index in [1.807, 2.05) is 0 Å². The molecular weight excluding hydrogens is 356 g/mol. The zero-order valence-corrected chi connectivity index (χ0v) is 19.4. The van der Waals surface area contributed by atoms with Crippen LogP contribution in [0.15, 0.2) is 12.7 Å². The van der Waals surface area contributed by atoms with Crippen LogP contribution in [0.2, 0.25) is 44.8 Å². The molecule has 0 spiro atoms.